The molecule has 3 aliphatic heterocycles. The Labute approximate surface area is 271 Å². The van der Waals surface area contributed by atoms with E-state index in [0.717, 1.165) is 13.0 Å². The maximum atomic E-state index is 11.8. The normalized spacial score (nSPS) is 20.2. The van der Waals surface area contributed by atoms with Gasteiger partial charge in [-0.1, -0.05) is 32.8 Å². The number of carboxylic acid groups (broad SMARTS) is 2. The van der Waals surface area contributed by atoms with Crippen LogP contribution in [0.3, 0.4) is 0 Å². The number of rotatable bonds is 25. The van der Waals surface area contributed by atoms with E-state index >= 15 is 0 Å². The fraction of sp³-hybridized carbons (Fsp3) is 0.812. The Morgan fingerprint density at radius 2 is 1.02 bits per heavy atom. The molecule has 0 amide bonds. The molecule has 3 saturated heterocycles. The Bertz CT molecular complexity index is 811. The Balaban J connectivity index is 0.000000453. The van der Waals surface area contributed by atoms with E-state index < -0.39 is 24.5 Å². The van der Waals surface area contributed by atoms with Crippen molar-refractivity contribution in [3.05, 3.63) is 12.3 Å². The first kappa shape index (κ1) is 41.2. The van der Waals surface area contributed by atoms with E-state index in [2.05, 4.69) is 0 Å². The van der Waals surface area contributed by atoms with Crippen molar-refractivity contribution in [2.75, 3.05) is 39.6 Å². The van der Waals surface area contributed by atoms with Gasteiger partial charge >= 0.3 is 23.9 Å². The molecule has 14 heteroatoms. The summed E-state index contributed by atoms with van der Waals surface area (Å²) in [5.41, 5.74) is 0. The number of hydrogen-bond donors (Lipinski definition) is 2. The van der Waals surface area contributed by atoms with E-state index in [0.29, 0.717) is 96.9 Å². The molecule has 0 bridgehead atoms. The van der Waals surface area contributed by atoms with Crippen molar-refractivity contribution >= 4 is 23.9 Å². The van der Waals surface area contributed by atoms with Crippen molar-refractivity contribution in [3.63, 3.8) is 0 Å². The van der Waals surface area contributed by atoms with Crippen LogP contribution < -0.4 is 0 Å². The van der Waals surface area contributed by atoms with Gasteiger partial charge < -0.3 is 48.1 Å². The summed E-state index contributed by atoms with van der Waals surface area (Å²) in [5, 5.41) is 16.4. The summed E-state index contributed by atoms with van der Waals surface area (Å²) in [6.07, 6.45) is 9.25. The summed E-state index contributed by atoms with van der Waals surface area (Å²) >= 11 is 0. The zero-order chi connectivity index (χ0) is 34.0. The van der Waals surface area contributed by atoms with Crippen molar-refractivity contribution in [1.29, 1.82) is 0 Å². The first-order chi connectivity index (χ1) is 22.2. The number of esters is 2. The molecule has 5 atom stereocenters. The molecule has 0 aliphatic carbocycles. The van der Waals surface area contributed by atoms with E-state index in [1.54, 1.807) is 6.26 Å². The maximum absolute atomic E-state index is 11.8. The van der Waals surface area contributed by atoms with Crippen molar-refractivity contribution in [2.24, 2.45) is 0 Å². The average molecular weight is 663 g/mol. The second-order valence-electron chi connectivity index (χ2n) is 10.9. The molecule has 3 fully saturated rings. The molecule has 0 aromatic heterocycles. The lowest BCUT2D eigenvalue weighted by atomic mass is 10.1. The Morgan fingerprint density at radius 1 is 0.652 bits per heavy atom. The maximum Gasteiger partial charge on any atom is 0.308 e. The van der Waals surface area contributed by atoms with E-state index in [-0.39, 0.29) is 37.0 Å². The average Bonchev–Trinajstić information content (AvgIpc) is 3.86. The molecule has 5 unspecified atom stereocenters. The van der Waals surface area contributed by atoms with Crippen molar-refractivity contribution in [1.82, 2.24) is 0 Å². The molecule has 266 valence electrons. The van der Waals surface area contributed by atoms with Gasteiger partial charge in [0.15, 0.2) is 0 Å². The molecule has 2 N–H and O–H groups in total. The van der Waals surface area contributed by atoms with Crippen molar-refractivity contribution in [3.8, 4) is 0 Å². The molecule has 0 saturated carbocycles. The quantitative estimate of drug-likeness (QED) is 0.0460. The van der Waals surface area contributed by atoms with Crippen molar-refractivity contribution < 1.29 is 67.3 Å². The third-order valence-electron chi connectivity index (χ3n) is 6.39. The SMILES string of the molecule is C/C=C\OCC1CO1.CCC(OCC1CO1)OC(=O)CCCCCC(=O)OC(CC)OCC1CO1.O=C(O)CCCCCC(=O)O. The third-order valence-corrected chi connectivity index (χ3v) is 6.39. The fourth-order valence-corrected chi connectivity index (χ4v) is 3.51. The van der Waals surface area contributed by atoms with Gasteiger partial charge in [0.05, 0.1) is 39.3 Å². The van der Waals surface area contributed by atoms with Crippen LogP contribution >= 0.6 is 0 Å². The summed E-state index contributed by atoms with van der Waals surface area (Å²) < 4.78 is 41.6. The minimum Gasteiger partial charge on any atom is -0.499 e. The van der Waals surface area contributed by atoms with Gasteiger partial charge in [-0.05, 0) is 32.6 Å². The summed E-state index contributed by atoms with van der Waals surface area (Å²) in [4.78, 5) is 43.6. The molecular weight excluding hydrogens is 608 g/mol. The highest BCUT2D eigenvalue weighted by Gasteiger charge is 2.26. The Kier molecular flexibility index (Phi) is 23.6. The molecule has 0 aromatic carbocycles. The van der Waals surface area contributed by atoms with Crippen LogP contribution in [-0.4, -0.2) is 105 Å². The van der Waals surface area contributed by atoms with E-state index in [9.17, 15) is 19.2 Å². The number of epoxide rings is 3. The first-order valence-electron chi connectivity index (χ1n) is 16.3. The highest BCUT2D eigenvalue weighted by atomic mass is 16.7. The van der Waals surface area contributed by atoms with Crippen LogP contribution in [0.15, 0.2) is 12.3 Å². The molecule has 0 spiro atoms. The summed E-state index contributed by atoms with van der Waals surface area (Å²) in [7, 11) is 0. The topological polar surface area (TPSA) is 192 Å². The monoisotopic (exact) mass is 662 g/mol. The lowest BCUT2D eigenvalue weighted by Gasteiger charge is -2.16. The number of unbranched alkanes of at least 4 members (excludes halogenated alkanes) is 4. The van der Waals surface area contributed by atoms with Crippen LogP contribution in [0.4, 0.5) is 0 Å². The standard InChI is InChI=1S/C19H32O8.C7H12O4.C6H10O2/c1-3-18(24-12-14-10-22-14)26-16(20)8-6-5-7-9-17(21)27-19(4-2)25-13-15-11-23-15;8-6(9)4-2-1-3-5-7(10)11;1-2-3-7-4-6-5-8-6/h14-15,18-19H,3-13H2,1-2H3;1-5H2,(H,8,9)(H,10,11);2-3,6H,4-5H2,1H3/b;;3-2-. The second kappa shape index (κ2) is 26.3. The van der Waals surface area contributed by atoms with Gasteiger partial charge in [0, 0.05) is 38.5 Å². The molecule has 0 radical (unpaired) electrons. The van der Waals surface area contributed by atoms with Gasteiger partial charge in [-0.2, -0.15) is 0 Å². The summed E-state index contributed by atoms with van der Waals surface area (Å²) in [6.45, 7) is 9.67. The summed E-state index contributed by atoms with van der Waals surface area (Å²) in [6, 6.07) is 0. The van der Waals surface area contributed by atoms with Gasteiger partial charge in [0.1, 0.15) is 24.9 Å². The molecule has 46 heavy (non-hydrogen) atoms. The van der Waals surface area contributed by atoms with Crippen LogP contribution in [-0.2, 0) is 57.1 Å². The van der Waals surface area contributed by atoms with Crippen molar-refractivity contribution in [2.45, 2.75) is 129 Å². The third kappa shape index (κ3) is 27.5. The number of carbonyl (C=O) groups excluding carboxylic acids is 2. The van der Waals surface area contributed by atoms with Gasteiger partial charge in [-0.15, -0.1) is 0 Å². The lowest BCUT2D eigenvalue weighted by Crippen LogP contribution is -2.23. The molecular formula is C32H54O14. The van der Waals surface area contributed by atoms with Crippen LogP contribution in [0.25, 0.3) is 0 Å². The van der Waals surface area contributed by atoms with Gasteiger partial charge in [0.2, 0.25) is 12.6 Å². The molecule has 3 heterocycles. The molecule has 0 aromatic rings. The highest BCUT2D eigenvalue weighted by Crippen LogP contribution is 2.15. The molecule has 14 nitrogen and oxygen atoms in total. The van der Waals surface area contributed by atoms with Crippen LogP contribution in [0.2, 0.25) is 0 Å². The molecule has 3 aliphatic rings. The van der Waals surface area contributed by atoms with Gasteiger partial charge in [-0.25, -0.2) is 0 Å². The number of carbonyl (C=O) groups is 4. The minimum atomic E-state index is -0.819. The predicted octanol–water partition coefficient (Wildman–Crippen LogP) is 4.37. The van der Waals surface area contributed by atoms with Gasteiger partial charge in [0.25, 0.3) is 0 Å². The number of hydrogen-bond acceptors (Lipinski definition) is 12. The smallest absolute Gasteiger partial charge is 0.308 e. The number of carboxylic acids is 2. The van der Waals surface area contributed by atoms with Crippen LogP contribution in [0.1, 0.15) is 97.8 Å². The first-order valence-corrected chi connectivity index (χ1v) is 16.3. The highest BCUT2D eigenvalue weighted by molar-refractivity contribution is 5.70. The second-order valence-corrected chi connectivity index (χ2v) is 10.9. The van der Waals surface area contributed by atoms with E-state index in [1.165, 1.54) is 0 Å². The fourth-order valence-electron chi connectivity index (χ4n) is 3.51. The molecule has 3 rings (SSSR count). The largest absolute Gasteiger partial charge is 0.499 e. The van der Waals surface area contributed by atoms with E-state index in [1.807, 2.05) is 26.8 Å². The Morgan fingerprint density at radius 3 is 1.35 bits per heavy atom. The zero-order valence-corrected chi connectivity index (χ0v) is 27.6. The minimum absolute atomic E-state index is 0.139. The van der Waals surface area contributed by atoms with Crippen LogP contribution in [0.5, 0.6) is 0 Å². The lowest BCUT2D eigenvalue weighted by molar-refractivity contribution is -0.180. The van der Waals surface area contributed by atoms with Crippen LogP contribution in [0, 0.1) is 0 Å². The predicted molar refractivity (Wildman–Crippen MR) is 164 cm³/mol. The zero-order valence-electron chi connectivity index (χ0n) is 27.6. The Hall–Kier alpha value is -2.78. The number of aliphatic carboxylic acids is 2. The number of allylic oxidation sites excluding steroid dienone is 1. The van der Waals surface area contributed by atoms with E-state index in [4.69, 9.17) is 48.1 Å². The number of ether oxygens (including phenoxy) is 8. The van der Waals surface area contributed by atoms with Gasteiger partial charge in [-0.3, -0.25) is 19.2 Å². The summed E-state index contributed by atoms with van der Waals surface area (Å²) in [5.74, 6) is -2.19.